The Morgan fingerprint density at radius 3 is 2.70 bits per heavy atom. The van der Waals surface area contributed by atoms with Crippen molar-refractivity contribution in [1.29, 1.82) is 0 Å². The summed E-state index contributed by atoms with van der Waals surface area (Å²) in [5, 5.41) is 4.46. The van der Waals surface area contributed by atoms with E-state index in [0.717, 1.165) is 11.9 Å². The lowest BCUT2D eigenvalue weighted by molar-refractivity contribution is 0.0954. The van der Waals surface area contributed by atoms with Crippen molar-refractivity contribution in [3.8, 4) is 0 Å². The topological polar surface area (TPSA) is 57.8 Å². The molecular formula is C17H15Cl2N3O. The lowest BCUT2D eigenvalue weighted by Gasteiger charge is -2.06. The van der Waals surface area contributed by atoms with Crippen LogP contribution < -0.4 is 5.32 Å². The summed E-state index contributed by atoms with van der Waals surface area (Å²) < 4.78 is 0. The smallest absolute Gasteiger partial charge is 0.251 e. The van der Waals surface area contributed by atoms with E-state index in [-0.39, 0.29) is 16.2 Å². The number of aromatic amines is 1. The Morgan fingerprint density at radius 2 is 1.96 bits per heavy atom. The molecule has 4 nitrogen and oxygen atoms in total. The van der Waals surface area contributed by atoms with Crippen molar-refractivity contribution in [2.24, 2.45) is 0 Å². The zero-order valence-electron chi connectivity index (χ0n) is 12.5. The minimum absolute atomic E-state index is 0.203. The van der Waals surface area contributed by atoms with Gasteiger partial charge in [0.15, 0.2) is 0 Å². The summed E-state index contributed by atoms with van der Waals surface area (Å²) in [5.74, 6) is -0.216. The van der Waals surface area contributed by atoms with E-state index in [2.05, 4.69) is 40.4 Å². The fraction of sp³-hybridized carbons (Fsp3) is 0.176. The van der Waals surface area contributed by atoms with E-state index in [1.807, 2.05) is 6.20 Å². The Labute approximate surface area is 143 Å². The summed E-state index contributed by atoms with van der Waals surface area (Å²) in [6.07, 6.45) is 2.72. The predicted octanol–water partition coefficient (Wildman–Crippen LogP) is 4.15. The number of nitrogens with zero attached hydrogens (tertiary/aromatic N) is 1. The van der Waals surface area contributed by atoms with Crippen LogP contribution in [0.5, 0.6) is 0 Å². The normalized spacial score (nSPS) is 10.9. The number of amides is 1. The first-order valence-electron chi connectivity index (χ1n) is 7.21. The number of fused-ring (bicyclic) bond motifs is 1. The first-order valence-corrected chi connectivity index (χ1v) is 7.96. The Hall–Kier alpha value is -2.04. The maximum Gasteiger partial charge on any atom is 0.251 e. The van der Waals surface area contributed by atoms with Crippen molar-refractivity contribution in [3.63, 3.8) is 0 Å². The number of hydrogen-bond acceptors (Lipinski definition) is 2. The number of aromatic nitrogens is 2. The second-order valence-electron chi connectivity index (χ2n) is 5.37. The third-order valence-electron chi connectivity index (χ3n) is 3.63. The molecule has 0 bridgehead atoms. The molecule has 0 aliphatic rings. The molecule has 2 heterocycles. The van der Waals surface area contributed by atoms with E-state index in [4.69, 9.17) is 23.2 Å². The van der Waals surface area contributed by atoms with Gasteiger partial charge in [-0.3, -0.25) is 4.79 Å². The highest BCUT2D eigenvalue weighted by atomic mass is 35.5. The summed E-state index contributed by atoms with van der Waals surface area (Å²) >= 11 is 11.6. The lowest BCUT2D eigenvalue weighted by Crippen LogP contribution is -2.25. The largest absolute Gasteiger partial charge is 0.361 e. The standard InChI is InChI=1S/C17H15Cl2N3O/c1-10-2-3-13-11(9-21-14(13)6-10)4-5-20-17(23)12-7-15(18)22-16(19)8-12/h2-3,6-9,21H,4-5H2,1H3,(H,20,23). The van der Waals surface area contributed by atoms with Gasteiger partial charge in [0.05, 0.1) is 0 Å². The van der Waals surface area contributed by atoms with Crippen molar-refractivity contribution in [2.45, 2.75) is 13.3 Å². The van der Waals surface area contributed by atoms with Crippen LogP contribution in [0.2, 0.25) is 10.3 Å². The zero-order valence-corrected chi connectivity index (χ0v) is 14.0. The van der Waals surface area contributed by atoms with Crippen LogP contribution in [-0.2, 0) is 6.42 Å². The lowest BCUT2D eigenvalue weighted by atomic mass is 10.1. The molecule has 0 saturated carbocycles. The van der Waals surface area contributed by atoms with Crippen LogP contribution >= 0.6 is 23.2 Å². The van der Waals surface area contributed by atoms with E-state index >= 15 is 0 Å². The quantitative estimate of drug-likeness (QED) is 0.696. The van der Waals surface area contributed by atoms with E-state index in [0.29, 0.717) is 12.1 Å². The van der Waals surface area contributed by atoms with Crippen molar-refractivity contribution >= 4 is 40.0 Å². The molecule has 3 aromatic rings. The molecule has 0 fully saturated rings. The SMILES string of the molecule is Cc1ccc2c(CCNC(=O)c3cc(Cl)nc(Cl)c3)c[nH]c2c1. The zero-order chi connectivity index (χ0) is 16.4. The maximum atomic E-state index is 12.1. The van der Waals surface area contributed by atoms with Gasteiger partial charge in [0.25, 0.3) is 5.91 Å². The van der Waals surface area contributed by atoms with Gasteiger partial charge in [-0.15, -0.1) is 0 Å². The molecule has 2 aromatic heterocycles. The number of aryl methyl sites for hydroxylation is 1. The van der Waals surface area contributed by atoms with Gasteiger partial charge < -0.3 is 10.3 Å². The average molecular weight is 348 g/mol. The summed E-state index contributed by atoms with van der Waals surface area (Å²) in [4.78, 5) is 19.2. The number of carbonyl (C=O) groups excluding carboxylic acids is 1. The van der Waals surface area contributed by atoms with Crippen LogP contribution in [0.4, 0.5) is 0 Å². The molecule has 0 atom stereocenters. The molecule has 2 N–H and O–H groups in total. The van der Waals surface area contributed by atoms with Gasteiger partial charge in [-0.05, 0) is 42.7 Å². The molecule has 0 aliphatic carbocycles. The molecule has 6 heteroatoms. The van der Waals surface area contributed by atoms with Gasteiger partial charge in [0.2, 0.25) is 0 Å². The molecule has 0 spiro atoms. The van der Waals surface area contributed by atoms with Gasteiger partial charge in [-0.1, -0.05) is 35.3 Å². The number of hydrogen-bond donors (Lipinski definition) is 2. The summed E-state index contributed by atoms with van der Waals surface area (Å²) in [5.41, 5.74) is 3.90. The number of rotatable bonds is 4. The molecule has 1 amide bonds. The molecule has 23 heavy (non-hydrogen) atoms. The van der Waals surface area contributed by atoms with Gasteiger partial charge in [0.1, 0.15) is 10.3 Å². The molecule has 1 aromatic carbocycles. The summed E-state index contributed by atoms with van der Waals surface area (Å²) in [7, 11) is 0. The Bertz CT molecular complexity index is 853. The van der Waals surface area contributed by atoms with Crippen molar-refractivity contribution < 1.29 is 4.79 Å². The number of carbonyl (C=O) groups is 1. The molecule has 3 rings (SSSR count). The van der Waals surface area contributed by atoms with Gasteiger partial charge in [-0.2, -0.15) is 0 Å². The first-order chi connectivity index (χ1) is 11.0. The Balaban J connectivity index is 1.65. The van der Waals surface area contributed by atoms with E-state index < -0.39 is 0 Å². The molecular weight excluding hydrogens is 333 g/mol. The van der Waals surface area contributed by atoms with Crippen LogP contribution in [0.3, 0.4) is 0 Å². The predicted molar refractivity (Wildman–Crippen MR) is 93.3 cm³/mol. The minimum atomic E-state index is -0.216. The van der Waals surface area contributed by atoms with Crippen LogP contribution in [0.25, 0.3) is 10.9 Å². The van der Waals surface area contributed by atoms with Crippen molar-refractivity contribution in [2.75, 3.05) is 6.54 Å². The first kappa shape index (κ1) is 15.8. The van der Waals surface area contributed by atoms with Crippen LogP contribution in [0, 0.1) is 6.92 Å². The number of H-pyrrole nitrogens is 1. The van der Waals surface area contributed by atoms with Crippen molar-refractivity contribution in [3.05, 3.63) is 63.5 Å². The van der Waals surface area contributed by atoms with E-state index in [1.165, 1.54) is 28.6 Å². The number of pyridine rings is 1. The van der Waals surface area contributed by atoms with Crippen molar-refractivity contribution in [1.82, 2.24) is 15.3 Å². The number of nitrogens with one attached hydrogen (secondary N) is 2. The fourth-order valence-electron chi connectivity index (χ4n) is 2.52. The Morgan fingerprint density at radius 1 is 1.22 bits per heavy atom. The molecule has 0 radical (unpaired) electrons. The monoisotopic (exact) mass is 347 g/mol. The maximum absolute atomic E-state index is 12.1. The highest BCUT2D eigenvalue weighted by Crippen LogP contribution is 2.20. The summed E-state index contributed by atoms with van der Waals surface area (Å²) in [6.45, 7) is 2.59. The molecule has 118 valence electrons. The Kier molecular flexibility index (Phi) is 4.55. The second-order valence-corrected chi connectivity index (χ2v) is 6.14. The fourth-order valence-corrected chi connectivity index (χ4v) is 2.98. The molecule has 0 aliphatic heterocycles. The molecule has 0 saturated heterocycles. The average Bonchev–Trinajstić information content (AvgIpc) is 2.88. The van der Waals surface area contributed by atoms with E-state index in [9.17, 15) is 4.79 Å². The highest BCUT2D eigenvalue weighted by molar-refractivity contribution is 6.33. The summed E-state index contributed by atoms with van der Waals surface area (Å²) in [6, 6.07) is 9.28. The number of halogens is 2. The van der Waals surface area contributed by atoms with E-state index in [1.54, 1.807) is 0 Å². The van der Waals surface area contributed by atoms with Gasteiger partial charge in [-0.25, -0.2) is 4.98 Å². The number of benzene rings is 1. The molecule has 0 unspecified atom stereocenters. The van der Waals surface area contributed by atoms with Crippen LogP contribution in [-0.4, -0.2) is 22.4 Å². The van der Waals surface area contributed by atoms with Gasteiger partial charge >= 0.3 is 0 Å². The minimum Gasteiger partial charge on any atom is -0.361 e. The third-order valence-corrected chi connectivity index (χ3v) is 4.02. The van der Waals surface area contributed by atoms with Gasteiger partial charge in [0, 0.05) is 29.2 Å². The highest BCUT2D eigenvalue weighted by Gasteiger charge is 2.09. The third kappa shape index (κ3) is 3.66. The second kappa shape index (κ2) is 6.60. The van der Waals surface area contributed by atoms with Crippen LogP contribution in [0.1, 0.15) is 21.5 Å². The van der Waals surface area contributed by atoms with Crippen LogP contribution in [0.15, 0.2) is 36.5 Å².